The van der Waals surface area contributed by atoms with Gasteiger partial charge in [-0.05, 0) is 0 Å². The molecule has 0 radical (unpaired) electrons. The van der Waals surface area contributed by atoms with E-state index in [1.54, 1.807) is 4.90 Å². The lowest BCUT2D eigenvalue weighted by Crippen LogP contribution is -2.57. The van der Waals surface area contributed by atoms with Crippen molar-refractivity contribution < 1.29 is 9.59 Å². The summed E-state index contributed by atoms with van der Waals surface area (Å²) in [5.74, 6) is 0.339. The average Bonchev–Trinajstić information content (AvgIpc) is 2.41. The van der Waals surface area contributed by atoms with Crippen LogP contribution in [0.15, 0.2) is 0 Å². The molecule has 0 aliphatic carbocycles. The molecule has 2 aliphatic heterocycles. The molecule has 2 saturated heterocycles. The number of fused-ring (bicyclic) bond motifs is 1. The lowest BCUT2D eigenvalue weighted by atomic mass is 9.95. The van der Waals surface area contributed by atoms with E-state index >= 15 is 0 Å². The molecule has 2 rings (SSSR count). The number of rotatable bonds is 1. The summed E-state index contributed by atoms with van der Waals surface area (Å²) in [6.45, 7) is 3.18. The van der Waals surface area contributed by atoms with Crippen LogP contribution in [0.3, 0.4) is 0 Å². The lowest BCUT2D eigenvalue weighted by Gasteiger charge is -2.28. The van der Waals surface area contributed by atoms with Crippen LogP contribution in [0, 0.1) is 5.92 Å². The Morgan fingerprint density at radius 2 is 2.42 bits per heavy atom. The second-order valence-electron chi connectivity index (χ2n) is 3.37. The van der Waals surface area contributed by atoms with Gasteiger partial charge in [-0.15, -0.1) is 0 Å². The van der Waals surface area contributed by atoms with Crippen molar-refractivity contribution in [3.8, 4) is 0 Å². The fourth-order valence-corrected chi connectivity index (χ4v) is 1.84. The Labute approximate surface area is 70.9 Å². The zero-order valence-corrected chi connectivity index (χ0v) is 7.04. The quantitative estimate of drug-likeness (QED) is 0.529. The van der Waals surface area contributed by atoms with Crippen molar-refractivity contribution in [3.05, 3.63) is 0 Å². The highest BCUT2D eigenvalue weighted by molar-refractivity contribution is 5.88. The number of nitrogens with one attached hydrogen (secondary N) is 1. The largest absolute Gasteiger partial charge is 0.350 e. The van der Waals surface area contributed by atoms with Gasteiger partial charge in [0.05, 0.1) is 12.0 Å². The first-order valence-corrected chi connectivity index (χ1v) is 4.30. The predicted octanol–water partition coefficient (Wildman–Crippen LogP) is -0.647. The van der Waals surface area contributed by atoms with Gasteiger partial charge in [-0.2, -0.15) is 0 Å². The van der Waals surface area contributed by atoms with Gasteiger partial charge in [0.2, 0.25) is 11.8 Å². The van der Waals surface area contributed by atoms with Crippen LogP contribution in [0.2, 0.25) is 0 Å². The molecule has 1 N–H and O–H groups in total. The summed E-state index contributed by atoms with van der Waals surface area (Å²) in [6.07, 6.45) is 0.535. The highest BCUT2D eigenvalue weighted by Crippen LogP contribution is 2.24. The van der Waals surface area contributed by atoms with E-state index in [2.05, 4.69) is 5.32 Å². The van der Waals surface area contributed by atoms with Crippen LogP contribution in [0.1, 0.15) is 13.3 Å². The Kier molecular flexibility index (Phi) is 1.56. The van der Waals surface area contributed by atoms with Gasteiger partial charge in [-0.3, -0.25) is 9.59 Å². The molecular formula is C8H12N2O2. The Hall–Kier alpha value is -1.06. The summed E-state index contributed by atoms with van der Waals surface area (Å²) in [5, 5.41) is 2.78. The maximum atomic E-state index is 11.2. The molecule has 0 aromatic heterocycles. The molecule has 0 bridgehead atoms. The maximum absolute atomic E-state index is 11.2. The molecule has 0 spiro atoms. The third-order valence-corrected chi connectivity index (χ3v) is 2.64. The first-order valence-electron chi connectivity index (χ1n) is 4.30. The minimum Gasteiger partial charge on any atom is -0.350 e. The van der Waals surface area contributed by atoms with Gasteiger partial charge < -0.3 is 10.2 Å². The zero-order valence-electron chi connectivity index (χ0n) is 7.04. The molecule has 2 aliphatic rings. The van der Waals surface area contributed by atoms with Crippen molar-refractivity contribution >= 4 is 11.8 Å². The number of amides is 2. The predicted molar refractivity (Wildman–Crippen MR) is 42.3 cm³/mol. The molecule has 0 aromatic rings. The average molecular weight is 168 g/mol. The Morgan fingerprint density at radius 1 is 1.67 bits per heavy atom. The Bertz CT molecular complexity index is 239. The topological polar surface area (TPSA) is 49.4 Å². The third kappa shape index (κ3) is 0.906. The van der Waals surface area contributed by atoms with Crippen LogP contribution in [-0.4, -0.2) is 35.8 Å². The van der Waals surface area contributed by atoms with Gasteiger partial charge in [0, 0.05) is 19.5 Å². The van der Waals surface area contributed by atoms with Crippen molar-refractivity contribution in [2.45, 2.75) is 19.4 Å². The molecule has 0 saturated carbocycles. The van der Waals surface area contributed by atoms with Crippen molar-refractivity contribution in [1.29, 1.82) is 0 Å². The highest BCUT2D eigenvalue weighted by Gasteiger charge is 2.47. The SMILES string of the molecule is CCC(=O)N1CC2NC(=O)C2C1. The molecule has 0 aromatic carbocycles. The van der Waals surface area contributed by atoms with E-state index in [-0.39, 0.29) is 23.8 Å². The van der Waals surface area contributed by atoms with Crippen LogP contribution < -0.4 is 5.32 Å². The summed E-state index contributed by atoms with van der Waals surface area (Å²) in [4.78, 5) is 23.9. The van der Waals surface area contributed by atoms with E-state index in [0.717, 1.165) is 0 Å². The maximum Gasteiger partial charge on any atom is 0.227 e. The molecule has 4 nitrogen and oxygen atoms in total. The van der Waals surface area contributed by atoms with E-state index in [9.17, 15) is 9.59 Å². The number of carbonyl (C=O) groups excluding carboxylic acids is 2. The first-order chi connectivity index (χ1) is 5.72. The number of hydrogen-bond donors (Lipinski definition) is 1. The molecule has 2 fully saturated rings. The summed E-state index contributed by atoms with van der Waals surface area (Å²) < 4.78 is 0. The van der Waals surface area contributed by atoms with E-state index in [0.29, 0.717) is 19.5 Å². The third-order valence-electron chi connectivity index (χ3n) is 2.64. The molecule has 12 heavy (non-hydrogen) atoms. The lowest BCUT2D eigenvalue weighted by molar-refractivity contribution is -0.132. The number of hydrogen-bond acceptors (Lipinski definition) is 2. The zero-order chi connectivity index (χ0) is 8.72. The fourth-order valence-electron chi connectivity index (χ4n) is 1.84. The van der Waals surface area contributed by atoms with Crippen LogP contribution in [0.4, 0.5) is 0 Å². The normalized spacial score (nSPS) is 32.4. The fraction of sp³-hybridized carbons (Fsp3) is 0.750. The van der Waals surface area contributed by atoms with Crippen molar-refractivity contribution in [3.63, 3.8) is 0 Å². The molecule has 2 atom stereocenters. The first kappa shape index (κ1) is 7.58. The van der Waals surface area contributed by atoms with Crippen molar-refractivity contribution in [2.75, 3.05) is 13.1 Å². The monoisotopic (exact) mass is 168 g/mol. The molecule has 2 heterocycles. The molecule has 4 heteroatoms. The van der Waals surface area contributed by atoms with Crippen LogP contribution in [0.25, 0.3) is 0 Å². The van der Waals surface area contributed by atoms with E-state index < -0.39 is 0 Å². The van der Waals surface area contributed by atoms with Gasteiger partial charge in [0.1, 0.15) is 0 Å². The second kappa shape index (κ2) is 2.47. The van der Waals surface area contributed by atoms with E-state index in [4.69, 9.17) is 0 Å². The van der Waals surface area contributed by atoms with E-state index in [1.807, 2.05) is 6.92 Å². The minimum absolute atomic E-state index is 0.0838. The van der Waals surface area contributed by atoms with Gasteiger partial charge >= 0.3 is 0 Å². The van der Waals surface area contributed by atoms with Crippen LogP contribution in [-0.2, 0) is 9.59 Å². The van der Waals surface area contributed by atoms with Crippen LogP contribution in [0.5, 0.6) is 0 Å². The summed E-state index contributed by atoms with van der Waals surface area (Å²) in [5.41, 5.74) is 0. The Morgan fingerprint density at radius 3 is 2.92 bits per heavy atom. The van der Waals surface area contributed by atoms with Gasteiger partial charge in [-0.1, -0.05) is 6.92 Å². The number of nitrogens with zero attached hydrogens (tertiary/aromatic N) is 1. The molecular weight excluding hydrogens is 156 g/mol. The number of likely N-dealkylation sites (tertiary alicyclic amines) is 1. The second-order valence-corrected chi connectivity index (χ2v) is 3.37. The smallest absolute Gasteiger partial charge is 0.227 e. The number of carbonyl (C=O) groups is 2. The summed E-state index contributed by atoms with van der Waals surface area (Å²) in [7, 11) is 0. The van der Waals surface area contributed by atoms with E-state index in [1.165, 1.54) is 0 Å². The van der Waals surface area contributed by atoms with Crippen molar-refractivity contribution in [2.24, 2.45) is 5.92 Å². The summed E-state index contributed by atoms with van der Waals surface area (Å²) >= 11 is 0. The van der Waals surface area contributed by atoms with Gasteiger partial charge in [-0.25, -0.2) is 0 Å². The Balaban J connectivity index is 1.98. The number of β-lactam (4-membered cyclic amide) rings is 1. The minimum atomic E-state index is 0.0838. The standard InChI is InChI=1S/C8H12N2O2/c1-2-7(11)10-3-5-6(4-10)9-8(5)12/h5-6H,2-4H2,1H3,(H,9,12). The molecule has 66 valence electrons. The van der Waals surface area contributed by atoms with Gasteiger partial charge in [0.15, 0.2) is 0 Å². The van der Waals surface area contributed by atoms with Gasteiger partial charge in [0.25, 0.3) is 0 Å². The summed E-state index contributed by atoms with van der Waals surface area (Å²) in [6, 6.07) is 0.244. The van der Waals surface area contributed by atoms with Crippen LogP contribution >= 0.6 is 0 Å². The molecule has 2 unspecified atom stereocenters. The van der Waals surface area contributed by atoms with Crippen molar-refractivity contribution in [1.82, 2.24) is 10.2 Å². The highest BCUT2D eigenvalue weighted by atomic mass is 16.2. The molecule has 2 amide bonds.